The Bertz CT molecular complexity index is 242. The molecule has 0 amide bonds. The van der Waals surface area contributed by atoms with E-state index in [0.717, 1.165) is 52.1 Å². The molecular weight excluding hydrogens is 228 g/mol. The predicted octanol–water partition coefficient (Wildman–Crippen LogP) is 1.60. The van der Waals surface area contributed by atoms with Crippen molar-refractivity contribution in [1.82, 2.24) is 9.80 Å². The van der Waals surface area contributed by atoms with E-state index in [1.165, 1.54) is 0 Å². The van der Waals surface area contributed by atoms with Crippen molar-refractivity contribution in [1.29, 1.82) is 0 Å². The van der Waals surface area contributed by atoms with Crippen LogP contribution in [0.5, 0.6) is 0 Å². The van der Waals surface area contributed by atoms with E-state index >= 15 is 0 Å². The van der Waals surface area contributed by atoms with E-state index in [-0.39, 0.29) is 11.9 Å². The first kappa shape index (κ1) is 15.4. The lowest BCUT2D eigenvalue weighted by Gasteiger charge is -2.32. The topological polar surface area (TPSA) is 32.8 Å². The Hall–Kier alpha value is -0.610. The van der Waals surface area contributed by atoms with Crippen molar-refractivity contribution < 1.29 is 9.53 Å². The second-order valence-electron chi connectivity index (χ2n) is 4.92. The molecule has 18 heavy (non-hydrogen) atoms. The van der Waals surface area contributed by atoms with Gasteiger partial charge in [0.15, 0.2) is 0 Å². The molecular formula is C14H28N2O2. The Labute approximate surface area is 111 Å². The van der Waals surface area contributed by atoms with Crippen LogP contribution < -0.4 is 0 Å². The molecule has 1 fully saturated rings. The van der Waals surface area contributed by atoms with Gasteiger partial charge >= 0.3 is 5.97 Å². The lowest BCUT2D eigenvalue weighted by atomic mass is 9.98. The van der Waals surface area contributed by atoms with E-state index in [0.29, 0.717) is 6.61 Å². The highest BCUT2D eigenvalue weighted by Crippen LogP contribution is 2.17. The molecule has 4 nitrogen and oxygen atoms in total. The van der Waals surface area contributed by atoms with Gasteiger partial charge < -0.3 is 14.5 Å². The Morgan fingerprint density at radius 2 is 2.06 bits per heavy atom. The van der Waals surface area contributed by atoms with Gasteiger partial charge in [0, 0.05) is 19.6 Å². The zero-order valence-corrected chi connectivity index (χ0v) is 12.2. The fourth-order valence-corrected chi connectivity index (χ4v) is 2.53. The van der Waals surface area contributed by atoms with E-state index in [2.05, 4.69) is 23.6 Å². The van der Waals surface area contributed by atoms with Crippen molar-refractivity contribution in [3.63, 3.8) is 0 Å². The van der Waals surface area contributed by atoms with Crippen molar-refractivity contribution in [3.8, 4) is 0 Å². The van der Waals surface area contributed by atoms with Crippen LogP contribution in [0.1, 0.15) is 33.6 Å². The summed E-state index contributed by atoms with van der Waals surface area (Å²) in [6, 6.07) is 0. The lowest BCUT2D eigenvalue weighted by molar-refractivity contribution is -0.149. The van der Waals surface area contributed by atoms with Crippen molar-refractivity contribution in [3.05, 3.63) is 0 Å². The molecule has 0 bridgehead atoms. The summed E-state index contributed by atoms with van der Waals surface area (Å²) in [7, 11) is 0. The van der Waals surface area contributed by atoms with Crippen LogP contribution in [-0.2, 0) is 9.53 Å². The van der Waals surface area contributed by atoms with Crippen LogP contribution in [0, 0.1) is 5.92 Å². The third-order valence-electron chi connectivity index (χ3n) is 3.75. The maximum absolute atomic E-state index is 11.7. The number of likely N-dealkylation sites (tertiary alicyclic amines) is 1. The van der Waals surface area contributed by atoms with Gasteiger partial charge in [-0.2, -0.15) is 0 Å². The van der Waals surface area contributed by atoms with E-state index in [4.69, 9.17) is 4.74 Å². The maximum atomic E-state index is 11.7. The number of carbonyl (C=O) groups is 1. The monoisotopic (exact) mass is 256 g/mol. The van der Waals surface area contributed by atoms with Crippen LogP contribution in [0.2, 0.25) is 0 Å². The number of rotatable bonds is 7. The Morgan fingerprint density at radius 1 is 1.33 bits per heavy atom. The van der Waals surface area contributed by atoms with Crippen molar-refractivity contribution in [2.75, 3.05) is 45.9 Å². The summed E-state index contributed by atoms with van der Waals surface area (Å²) in [5.74, 6) is 0.0837. The normalized spacial score (nSPS) is 21.2. The Kier molecular flexibility index (Phi) is 7.28. The minimum atomic E-state index is -0.00922. The van der Waals surface area contributed by atoms with Crippen molar-refractivity contribution >= 4 is 5.97 Å². The first-order chi connectivity index (χ1) is 8.71. The summed E-state index contributed by atoms with van der Waals surface area (Å²) in [6.07, 6.45) is 2.10. The molecule has 0 aromatic heterocycles. The van der Waals surface area contributed by atoms with E-state index in [9.17, 15) is 4.79 Å². The standard InChI is InChI=1S/C14H28N2O2/c1-4-15(5-2)10-11-16-9-7-8-13(12-16)14(17)18-6-3/h13H,4-12H2,1-3H3. The largest absolute Gasteiger partial charge is 0.466 e. The van der Waals surface area contributed by atoms with E-state index < -0.39 is 0 Å². The molecule has 106 valence electrons. The first-order valence-electron chi connectivity index (χ1n) is 7.32. The van der Waals surface area contributed by atoms with Crippen LogP contribution in [0.25, 0.3) is 0 Å². The predicted molar refractivity (Wildman–Crippen MR) is 73.6 cm³/mol. The Balaban J connectivity index is 2.32. The molecule has 1 aliphatic heterocycles. The van der Waals surface area contributed by atoms with Gasteiger partial charge in [0.1, 0.15) is 0 Å². The zero-order chi connectivity index (χ0) is 13.4. The van der Waals surface area contributed by atoms with Gasteiger partial charge in [-0.3, -0.25) is 4.79 Å². The molecule has 1 rings (SSSR count). The number of piperidine rings is 1. The Morgan fingerprint density at radius 3 is 2.67 bits per heavy atom. The number of nitrogens with zero attached hydrogens (tertiary/aromatic N) is 2. The molecule has 0 aromatic rings. The number of likely N-dealkylation sites (N-methyl/N-ethyl adjacent to an activating group) is 1. The van der Waals surface area contributed by atoms with E-state index in [1.54, 1.807) is 0 Å². The van der Waals surface area contributed by atoms with Gasteiger partial charge in [0.05, 0.1) is 12.5 Å². The SMILES string of the molecule is CCOC(=O)C1CCCN(CCN(CC)CC)C1. The minimum absolute atomic E-state index is 0.00922. The van der Waals surface area contributed by atoms with Crippen molar-refractivity contribution in [2.45, 2.75) is 33.6 Å². The average Bonchev–Trinajstić information content (AvgIpc) is 2.40. The van der Waals surface area contributed by atoms with Gasteiger partial charge in [0.2, 0.25) is 0 Å². The highest BCUT2D eigenvalue weighted by molar-refractivity contribution is 5.72. The van der Waals surface area contributed by atoms with Gasteiger partial charge in [-0.1, -0.05) is 13.8 Å². The number of esters is 1. The molecule has 4 heteroatoms. The van der Waals surface area contributed by atoms with E-state index in [1.807, 2.05) is 6.92 Å². The van der Waals surface area contributed by atoms with Crippen LogP contribution in [0.3, 0.4) is 0 Å². The summed E-state index contributed by atoms with van der Waals surface area (Å²) in [4.78, 5) is 16.6. The quantitative estimate of drug-likeness (QED) is 0.648. The molecule has 0 spiro atoms. The molecule has 0 aliphatic carbocycles. The summed E-state index contributed by atoms with van der Waals surface area (Å²) < 4.78 is 5.12. The fraction of sp³-hybridized carbons (Fsp3) is 0.929. The van der Waals surface area contributed by atoms with Crippen LogP contribution >= 0.6 is 0 Å². The molecule has 0 N–H and O–H groups in total. The number of carbonyl (C=O) groups excluding carboxylic acids is 1. The fourth-order valence-electron chi connectivity index (χ4n) is 2.53. The first-order valence-corrected chi connectivity index (χ1v) is 7.32. The van der Waals surface area contributed by atoms with Gasteiger partial charge in [-0.05, 0) is 39.4 Å². The summed E-state index contributed by atoms with van der Waals surface area (Å²) in [6.45, 7) is 13.1. The highest BCUT2D eigenvalue weighted by Gasteiger charge is 2.26. The second-order valence-corrected chi connectivity index (χ2v) is 4.92. The molecule has 0 aromatic carbocycles. The smallest absolute Gasteiger partial charge is 0.310 e. The van der Waals surface area contributed by atoms with Crippen LogP contribution in [0.15, 0.2) is 0 Å². The molecule has 1 saturated heterocycles. The number of hydrogen-bond donors (Lipinski definition) is 0. The third-order valence-corrected chi connectivity index (χ3v) is 3.75. The molecule has 0 radical (unpaired) electrons. The van der Waals surface area contributed by atoms with Crippen LogP contribution in [-0.4, -0.2) is 61.6 Å². The van der Waals surface area contributed by atoms with Gasteiger partial charge in [-0.15, -0.1) is 0 Å². The summed E-state index contributed by atoms with van der Waals surface area (Å²) in [5, 5.41) is 0. The molecule has 1 unspecified atom stereocenters. The van der Waals surface area contributed by atoms with Gasteiger partial charge in [-0.25, -0.2) is 0 Å². The second kappa shape index (κ2) is 8.48. The zero-order valence-electron chi connectivity index (χ0n) is 12.2. The summed E-state index contributed by atoms with van der Waals surface area (Å²) >= 11 is 0. The minimum Gasteiger partial charge on any atom is -0.466 e. The number of ether oxygens (including phenoxy) is 1. The maximum Gasteiger partial charge on any atom is 0.310 e. The third kappa shape index (κ3) is 4.94. The highest BCUT2D eigenvalue weighted by atomic mass is 16.5. The lowest BCUT2D eigenvalue weighted by Crippen LogP contribution is -2.43. The van der Waals surface area contributed by atoms with Crippen LogP contribution in [0.4, 0.5) is 0 Å². The molecule has 1 heterocycles. The molecule has 1 aliphatic rings. The molecule has 0 saturated carbocycles. The average molecular weight is 256 g/mol. The molecule has 1 atom stereocenters. The van der Waals surface area contributed by atoms with Crippen molar-refractivity contribution in [2.24, 2.45) is 5.92 Å². The van der Waals surface area contributed by atoms with Gasteiger partial charge in [0.25, 0.3) is 0 Å². The number of hydrogen-bond acceptors (Lipinski definition) is 4. The summed E-state index contributed by atoms with van der Waals surface area (Å²) in [5.41, 5.74) is 0.